The number of thiophene rings is 1. The summed E-state index contributed by atoms with van der Waals surface area (Å²) in [4.78, 5) is 35.1. The van der Waals surface area contributed by atoms with Crippen molar-refractivity contribution in [1.29, 1.82) is 5.26 Å². The Bertz CT molecular complexity index is 1880. The number of nitriles is 1. The van der Waals surface area contributed by atoms with Gasteiger partial charge in [-0.05, 0) is 48.0 Å². The third-order valence-electron chi connectivity index (χ3n) is 5.52. The van der Waals surface area contributed by atoms with E-state index in [9.17, 15) is 42.8 Å². The number of benzene rings is 3. The number of nitrogens with zero attached hydrogens (tertiary/aromatic N) is 3. The van der Waals surface area contributed by atoms with Crippen molar-refractivity contribution < 1.29 is 37.6 Å². The van der Waals surface area contributed by atoms with Crippen LogP contribution in [-0.2, 0) is 10.1 Å². The molecule has 0 saturated heterocycles. The van der Waals surface area contributed by atoms with Crippen LogP contribution in [0.1, 0.15) is 36.6 Å². The second-order valence-electron chi connectivity index (χ2n) is 8.22. The van der Waals surface area contributed by atoms with E-state index in [-0.39, 0.29) is 49.2 Å². The molecule has 3 aromatic carbocycles. The van der Waals surface area contributed by atoms with Gasteiger partial charge in [-0.15, -0.1) is 10.2 Å². The lowest BCUT2D eigenvalue weighted by Gasteiger charge is -2.10. The first-order valence-corrected chi connectivity index (χ1v) is 13.5. The van der Waals surface area contributed by atoms with Crippen molar-refractivity contribution in [2.75, 3.05) is 11.1 Å². The van der Waals surface area contributed by atoms with E-state index in [2.05, 4.69) is 15.5 Å². The number of nitrogen functional groups attached to an aromatic ring is 1. The molecule has 1 amide bonds. The number of carbonyl (C=O) groups excluding carboxylic acids is 1. The number of hydrogen-bond acceptors (Lipinski definition) is 10. The number of carboxylic acids is 2. The van der Waals surface area contributed by atoms with Crippen LogP contribution in [0.25, 0.3) is 11.1 Å². The summed E-state index contributed by atoms with van der Waals surface area (Å²) in [6.45, 7) is 0. The molecule has 206 valence electrons. The highest BCUT2D eigenvalue weighted by atomic mass is 32.2. The molecule has 0 aliphatic carbocycles. The van der Waals surface area contributed by atoms with Gasteiger partial charge in [0, 0.05) is 11.3 Å². The molecule has 4 aromatic rings. The van der Waals surface area contributed by atoms with Crippen molar-refractivity contribution in [2.24, 2.45) is 10.2 Å². The lowest BCUT2D eigenvalue weighted by molar-refractivity contribution is 0.0696. The number of nitrogens with two attached hydrogens (primary N) is 1. The van der Waals surface area contributed by atoms with Crippen LogP contribution in [0.15, 0.2) is 81.9 Å². The fourth-order valence-corrected chi connectivity index (χ4v) is 5.29. The summed E-state index contributed by atoms with van der Waals surface area (Å²) in [5.74, 6) is -3.56. The van der Waals surface area contributed by atoms with Gasteiger partial charge in [-0.25, -0.2) is 9.59 Å². The topological polar surface area (TPSA) is 233 Å². The van der Waals surface area contributed by atoms with Crippen LogP contribution in [0.5, 0.6) is 0 Å². The summed E-state index contributed by atoms with van der Waals surface area (Å²) in [5, 5.41) is 39.2. The monoisotopic (exact) mass is 591 g/mol. The summed E-state index contributed by atoms with van der Waals surface area (Å²) in [6.07, 6.45) is 0. The van der Waals surface area contributed by atoms with Crippen LogP contribution in [0.3, 0.4) is 0 Å². The van der Waals surface area contributed by atoms with Crippen molar-refractivity contribution in [1.82, 2.24) is 0 Å². The second-order valence-corrected chi connectivity index (χ2v) is 10.6. The molecular formula is C26H17N5O8S2. The number of rotatable bonds is 8. The zero-order valence-corrected chi connectivity index (χ0v) is 22.1. The minimum absolute atomic E-state index is 0.0506. The minimum atomic E-state index is -4.68. The minimum Gasteiger partial charge on any atom is -0.478 e. The van der Waals surface area contributed by atoms with Crippen LogP contribution in [-0.4, -0.2) is 41.0 Å². The second kappa shape index (κ2) is 11.4. The number of amides is 1. The highest BCUT2D eigenvalue weighted by molar-refractivity contribution is 7.86. The fraction of sp³-hybridized carbons (Fsp3) is 0. The molecular weight excluding hydrogens is 574 g/mol. The van der Waals surface area contributed by atoms with Gasteiger partial charge in [0.15, 0.2) is 0 Å². The molecule has 4 rings (SSSR count). The average Bonchev–Trinajstić information content (AvgIpc) is 3.26. The summed E-state index contributed by atoms with van der Waals surface area (Å²) in [6, 6.07) is 16.4. The van der Waals surface area contributed by atoms with Crippen molar-refractivity contribution in [3.63, 3.8) is 0 Å². The predicted octanol–water partition coefficient (Wildman–Crippen LogP) is 5.18. The quantitative estimate of drug-likeness (QED) is 0.133. The number of carbonyl (C=O) groups is 3. The molecule has 41 heavy (non-hydrogen) atoms. The lowest BCUT2D eigenvalue weighted by atomic mass is 10.0. The molecule has 1 heterocycles. The van der Waals surface area contributed by atoms with Crippen molar-refractivity contribution >= 4 is 60.7 Å². The van der Waals surface area contributed by atoms with Gasteiger partial charge in [0.25, 0.3) is 16.0 Å². The molecule has 6 N–H and O–H groups in total. The summed E-state index contributed by atoms with van der Waals surface area (Å²) < 4.78 is 32.8. The smallest absolute Gasteiger partial charge is 0.335 e. The number of anilines is 2. The third-order valence-corrected chi connectivity index (χ3v) is 7.33. The Kier molecular flexibility index (Phi) is 7.92. The van der Waals surface area contributed by atoms with Crippen molar-refractivity contribution in [2.45, 2.75) is 4.90 Å². The molecule has 1 aromatic heterocycles. The molecule has 13 nitrogen and oxygen atoms in total. The first kappa shape index (κ1) is 28.6. The lowest BCUT2D eigenvalue weighted by Crippen LogP contribution is -2.16. The van der Waals surface area contributed by atoms with Crippen molar-refractivity contribution in [3.8, 4) is 17.2 Å². The van der Waals surface area contributed by atoms with Gasteiger partial charge in [-0.3, -0.25) is 9.35 Å². The summed E-state index contributed by atoms with van der Waals surface area (Å²) >= 11 is 0.902. The maximum Gasteiger partial charge on any atom is 0.335 e. The molecule has 0 aliphatic heterocycles. The largest absolute Gasteiger partial charge is 0.478 e. The molecule has 15 heteroatoms. The van der Waals surface area contributed by atoms with Crippen LogP contribution < -0.4 is 11.1 Å². The van der Waals surface area contributed by atoms with Gasteiger partial charge in [0.2, 0.25) is 0 Å². The van der Waals surface area contributed by atoms with E-state index in [1.54, 1.807) is 12.1 Å². The van der Waals surface area contributed by atoms with Gasteiger partial charge in [0.05, 0.1) is 27.9 Å². The Morgan fingerprint density at radius 1 is 0.927 bits per heavy atom. The summed E-state index contributed by atoms with van der Waals surface area (Å²) in [5.41, 5.74) is 5.89. The normalized spacial score (nSPS) is 11.2. The fourth-order valence-electron chi connectivity index (χ4n) is 3.73. The molecule has 0 saturated carbocycles. The van der Waals surface area contributed by atoms with Crippen molar-refractivity contribution in [3.05, 3.63) is 89.0 Å². The molecule has 0 bridgehead atoms. The Labute approximate surface area is 235 Å². The predicted molar refractivity (Wildman–Crippen MR) is 148 cm³/mol. The number of nitrogens with one attached hydrogen (secondary N) is 1. The van der Waals surface area contributed by atoms with E-state index in [4.69, 9.17) is 5.73 Å². The molecule has 0 spiro atoms. The maximum atomic E-state index is 12.9. The highest BCUT2D eigenvalue weighted by Crippen LogP contribution is 2.45. The number of carboxylic acid groups (broad SMARTS) is 2. The average molecular weight is 592 g/mol. The SMILES string of the molecule is N#Cc1c(N)sc(N=Nc2cc(C(=O)O)cc(C(=O)O)c2)c1-c1cccc(NC(=O)c2ccccc2S(=O)(=O)O)c1. The van der Waals surface area contributed by atoms with Crippen LogP contribution in [0.4, 0.5) is 21.4 Å². The molecule has 0 unspecified atom stereocenters. The maximum absolute atomic E-state index is 12.9. The third kappa shape index (κ3) is 6.25. The van der Waals surface area contributed by atoms with Gasteiger partial charge in [-0.1, -0.05) is 35.6 Å². The van der Waals surface area contributed by atoms with E-state index in [1.807, 2.05) is 6.07 Å². The number of aromatic carboxylic acids is 2. The van der Waals surface area contributed by atoms with Gasteiger partial charge < -0.3 is 21.3 Å². The van der Waals surface area contributed by atoms with Gasteiger partial charge in [-0.2, -0.15) is 13.7 Å². The van der Waals surface area contributed by atoms with Crippen LogP contribution in [0.2, 0.25) is 0 Å². The van der Waals surface area contributed by atoms with Gasteiger partial charge >= 0.3 is 11.9 Å². The van der Waals surface area contributed by atoms with E-state index < -0.39 is 32.9 Å². The first-order chi connectivity index (χ1) is 19.4. The highest BCUT2D eigenvalue weighted by Gasteiger charge is 2.22. The Morgan fingerprint density at radius 2 is 1.59 bits per heavy atom. The Hall–Kier alpha value is -5.43. The first-order valence-electron chi connectivity index (χ1n) is 11.2. The van der Waals surface area contributed by atoms with Gasteiger partial charge in [0.1, 0.15) is 21.0 Å². The Morgan fingerprint density at radius 3 is 2.20 bits per heavy atom. The molecule has 0 atom stereocenters. The van der Waals surface area contributed by atoms with E-state index in [0.717, 1.165) is 35.6 Å². The zero-order chi connectivity index (χ0) is 29.9. The van der Waals surface area contributed by atoms with E-state index in [1.165, 1.54) is 30.3 Å². The summed E-state index contributed by atoms with van der Waals surface area (Å²) in [7, 11) is -4.68. The van der Waals surface area contributed by atoms with Crippen LogP contribution >= 0.6 is 11.3 Å². The molecule has 0 fully saturated rings. The number of azo groups is 1. The zero-order valence-electron chi connectivity index (χ0n) is 20.5. The van der Waals surface area contributed by atoms with E-state index in [0.29, 0.717) is 5.56 Å². The molecule has 0 radical (unpaired) electrons. The molecule has 0 aliphatic rings. The Balaban J connectivity index is 1.73. The standard InChI is InChI=1S/C26H17N5O8S2/c27-12-19-21(24(40-22(19)28)31-30-17-10-14(25(33)34)8-15(11-17)26(35)36)13-4-3-5-16(9-13)29-23(32)18-6-1-2-7-20(18)41(37,38)39/h1-11H,28H2,(H,29,32)(H,33,34)(H,35,36)(H,37,38,39). The number of hydrogen-bond donors (Lipinski definition) is 5. The van der Waals surface area contributed by atoms with Crippen LogP contribution in [0, 0.1) is 11.3 Å². The van der Waals surface area contributed by atoms with E-state index >= 15 is 0 Å².